The van der Waals surface area contributed by atoms with Crippen molar-refractivity contribution in [2.24, 2.45) is 0 Å². The molecule has 0 atom stereocenters. The molecule has 0 saturated carbocycles. The molecule has 120 valence electrons. The molecule has 0 bridgehead atoms. The van der Waals surface area contributed by atoms with E-state index in [-0.39, 0.29) is 18.2 Å². The zero-order valence-electron chi connectivity index (χ0n) is 12.1. The topological polar surface area (TPSA) is 75.7 Å². The van der Waals surface area contributed by atoms with E-state index in [1.165, 1.54) is 12.1 Å². The summed E-state index contributed by atoms with van der Waals surface area (Å²) < 4.78 is 18.7. The first-order valence-electron chi connectivity index (χ1n) is 6.74. The predicted molar refractivity (Wildman–Crippen MR) is 85.9 cm³/mol. The molecule has 0 amide bonds. The van der Waals surface area contributed by atoms with Crippen LogP contribution in [0.1, 0.15) is 11.1 Å². The lowest BCUT2D eigenvalue weighted by atomic mass is 10.2. The maximum atomic E-state index is 12.9. The fourth-order valence-electron chi connectivity index (χ4n) is 1.94. The van der Waals surface area contributed by atoms with Crippen molar-refractivity contribution in [1.29, 1.82) is 0 Å². The molecular weight excluding hydrogens is 321 g/mol. The van der Waals surface area contributed by atoms with Gasteiger partial charge >= 0.3 is 0 Å². The molecule has 2 aromatic carbocycles. The second kappa shape index (κ2) is 8.09. The van der Waals surface area contributed by atoms with Crippen molar-refractivity contribution in [2.45, 2.75) is 13.2 Å². The summed E-state index contributed by atoms with van der Waals surface area (Å²) in [6.07, 6.45) is 0. The van der Waals surface area contributed by atoms with Crippen LogP contribution in [-0.2, 0) is 13.2 Å². The first-order valence-corrected chi connectivity index (χ1v) is 6.74. The number of H-pyrrole nitrogens is 1. The maximum absolute atomic E-state index is 12.9. The van der Waals surface area contributed by atoms with Crippen molar-refractivity contribution in [3.63, 3.8) is 0 Å². The van der Waals surface area contributed by atoms with Gasteiger partial charge in [0.25, 0.3) is 5.95 Å². The molecule has 0 saturated heterocycles. The fraction of sp³-hybridized carbons (Fsp3) is 0.133. The van der Waals surface area contributed by atoms with Crippen LogP contribution in [0.25, 0.3) is 0 Å². The van der Waals surface area contributed by atoms with Gasteiger partial charge in [-0.1, -0.05) is 35.4 Å². The monoisotopic (exact) mass is 335 g/mol. The molecule has 3 aromatic rings. The molecule has 0 spiro atoms. The molecule has 0 fully saturated rings. The zero-order chi connectivity index (χ0) is 15.2. The van der Waals surface area contributed by atoms with Crippen molar-refractivity contribution in [1.82, 2.24) is 20.6 Å². The number of aromatic nitrogens is 4. The van der Waals surface area contributed by atoms with Crippen LogP contribution in [0.15, 0.2) is 48.5 Å². The average Bonchev–Trinajstić information content (AvgIpc) is 3.07. The normalized spacial score (nSPS) is 9.96. The Morgan fingerprint density at radius 3 is 2.61 bits per heavy atom. The third-order valence-corrected chi connectivity index (χ3v) is 3.06. The molecule has 1 heterocycles. The van der Waals surface area contributed by atoms with E-state index < -0.39 is 0 Å². The highest BCUT2D eigenvalue weighted by molar-refractivity contribution is 5.85. The van der Waals surface area contributed by atoms with E-state index in [1.54, 1.807) is 12.1 Å². The van der Waals surface area contributed by atoms with Gasteiger partial charge in [-0.2, -0.15) is 5.21 Å². The van der Waals surface area contributed by atoms with Crippen LogP contribution in [0.2, 0.25) is 0 Å². The number of nitrogens with zero attached hydrogens (tertiary/aromatic N) is 3. The highest BCUT2D eigenvalue weighted by Crippen LogP contribution is 2.20. The van der Waals surface area contributed by atoms with Gasteiger partial charge in [0.15, 0.2) is 0 Å². The molecule has 8 heteroatoms. The number of aromatic amines is 1. The summed E-state index contributed by atoms with van der Waals surface area (Å²) in [6, 6.07) is 13.9. The Labute approximate surface area is 138 Å². The molecule has 0 aliphatic rings. The van der Waals surface area contributed by atoms with E-state index in [0.717, 1.165) is 16.9 Å². The van der Waals surface area contributed by atoms with Gasteiger partial charge in [0.2, 0.25) is 0 Å². The highest BCUT2D eigenvalue weighted by atomic mass is 35.5. The van der Waals surface area contributed by atoms with Gasteiger partial charge in [0.05, 0.1) is 0 Å². The van der Waals surface area contributed by atoms with Gasteiger partial charge in [0.1, 0.15) is 18.2 Å². The molecule has 1 aromatic heterocycles. The Kier molecular flexibility index (Phi) is 5.87. The molecule has 0 radical (unpaired) electrons. The number of para-hydroxylation sites is 1. The van der Waals surface area contributed by atoms with E-state index in [2.05, 4.69) is 25.9 Å². The smallest absolute Gasteiger partial charge is 0.263 e. The number of ether oxygens (including phenoxy) is 1. The molecular formula is C15H15ClFN5O. The Hall–Kier alpha value is -2.67. The Balaban J connectivity index is 0.00000192. The van der Waals surface area contributed by atoms with Crippen LogP contribution in [0.4, 0.5) is 10.3 Å². The van der Waals surface area contributed by atoms with Gasteiger partial charge < -0.3 is 10.1 Å². The third kappa shape index (κ3) is 4.65. The average molecular weight is 336 g/mol. The SMILES string of the molecule is Cl.Fc1ccc(COc2ccccc2CNc2nn[nH]n2)cc1. The molecule has 0 aliphatic carbocycles. The number of anilines is 1. The molecule has 3 rings (SSSR count). The van der Waals surface area contributed by atoms with Crippen molar-refractivity contribution in [2.75, 3.05) is 5.32 Å². The number of rotatable bonds is 6. The summed E-state index contributed by atoms with van der Waals surface area (Å²) in [6.45, 7) is 0.888. The summed E-state index contributed by atoms with van der Waals surface area (Å²) in [7, 11) is 0. The van der Waals surface area contributed by atoms with Crippen LogP contribution < -0.4 is 10.1 Å². The number of tetrazole rings is 1. The van der Waals surface area contributed by atoms with Crippen molar-refractivity contribution in [3.8, 4) is 5.75 Å². The number of hydrogen-bond donors (Lipinski definition) is 2. The number of benzene rings is 2. The van der Waals surface area contributed by atoms with E-state index >= 15 is 0 Å². The quantitative estimate of drug-likeness (QED) is 0.724. The van der Waals surface area contributed by atoms with Gasteiger partial charge in [-0.15, -0.1) is 17.5 Å². The van der Waals surface area contributed by atoms with Crippen LogP contribution in [0.5, 0.6) is 5.75 Å². The summed E-state index contributed by atoms with van der Waals surface area (Å²) in [5, 5.41) is 16.6. The first-order chi connectivity index (χ1) is 10.8. The van der Waals surface area contributed by atoms with Gasteiger partial charge in [0, 0.05) is 12.1 Å². The highest BCUT2D eigenvalue weighted by Gasteiger charge is 2.05. The Morgan fingerprint density at radius 1 is 1.09 bits per heavy atom. The largest absolute Gasteiger partial charge is 0.489 e. The molecule has 2 N–H and O–H groups in total. The molecule has 0 aliphatic heterocycles. The lowest BCUT2D eigenvalue weighted by Gasteiger charge is -2.11. The summed E-state index contributed by atoms with van der Waals surface area (Å²) in [5.41, 5.74) is 1.87. The summed E-state index contributed by atoms with van der Waals surface area (Å²) in [4.78, 5) is 0. The second-order valence-corrected chi connectivity index (χ2v) is 4.61. The number of hydrogen-bond acceptors (Lipinski definition) is 5. The molecule has 0 unspecified atom stereocenters. The maximum Gasteiger partial charge on any atom is 0.263 e. The lowest BCUT2D eigenvalue weighted by Crippen LogP contribution is -2.04. The Morgan fingerprint density at radius 2 is 1.87 bits per heavy atom. The first kappa shape index (κ1) is 16.7. The Bertz CT molecular complexity index is 721. The van der Waals surface area contributed by atoms with Gasteiger partial charge in [-0.3, -0.25) is 0 Å². The van der Waals surface area contributed by atoms with Crippen LogP contribution >= 0.6 is 12.4 Å². The van der Waals surface area contributed by atoms with E-state index in [1.807, 2.05) is 24.3 Å². The van der Waals surface area contributed by atoms with E-state index in [0.29, 0.717) is 19.1 Å². The minimum Gasteiger partial charge on any atom is -0.489 e. The summed E-state index contributed by atoms with van der Waals surface area (Å²) >= 11 is 0. The van der Waals surface area contributed by atoms with Crippen LogP contribution in [0.3, 0.4) is 0 Å². The lowest BCUT2D eigenvalue weighted by molar-refractivity contribution is 0.303. The fourth-order valence-corrected chi connectivity index (χ4v) is 1.94. The molecule has 6 nitrogen and oxygen atoms in total. The van der Waals surface area contributed by atoms with Gasteiger partial charge in [-0.25, -0.2) is 4.39 Å². The van der Waals surface area contributed by atoms with Crippen molar-refractivity contribution < 1.29 is 9.13 Å². The van der Waals surface area contributed by atoms with Crippen molar-refractivity contribution in [3.05, 3.63) is 65.5 Å². The van der Waals surface area contributed by atoms with Gasteiger partial charge in [-0.05, 0) is 29.0 Å². The number of halogens is 2. The van der Waals surface area contributed by atoms with Crippen LogP contribution in [-0.4, -0.2) is 20.6 Å². The summed E-state index contributed by atoms with van der Waals surface area (Å²) in [5.74, 6) is 0.921. The molecule has 23 heavy (non-hydrogen) atoms. The standard InChI is InChI=1S/C15H14FN5O.ClH/c16-13-7-5-11(6-8-13)10-22-14-4-2-1-3-12(14)9-17-15-18-20-21-19-15;/h1-8H,9-10H2,(H2,17,18,19,20,21);1H. The van der Waals surface area contributed by atoms with E-state index in [4.69, 9.17) is 4.74 Å². The second-order valence-electron chi connectivity index (χ2n) is 4.61. The minimum absolute atomic E-state index is 0. The zero-order valence-corrected chi connectivity index (χ0v) is 12.9. The van der Waals surface area contributed by atoms with Crippen LogP contribution in [0, 0.1) is 5.82 Å². The third-order valence-electron chi connectivity index (χ3n) is 3.06. The van der Waals surface area contributed by atoms with Crippen molar-refractivity contribution >= 4 is 18.4 Å². The number of nitrogens with one attached hydrogen (secondary N) is 2. The predicted octanol–water partition coefficient (Wildman–Crippen LogP) is 2.95. The van der Waals surface area contributed by atoms with E-state index in [9.17, 15) is 4.39 Å². The minimum atomic E-state index is -0.256.